The number of hydrogen-bond acceptors (Lipinski definition) is 8. The number of rotatable bonds is 6. The van der Waals surface area contributed by atoms with Crippen molar-refractivity contribution in [3.8, 4) is 0 Å². The molecule has 4 rings (SSSR count). The molecular weight excluding hydrogens is 402 g/mol. The van der Waals surface area contributed by atoms with Gasteiger partial charge in [-0.1, -0.05) is 0 Å². The molecule has 0 saturated carbocycles. The first-order chi connectivity index (χ1) is 14.9. The monoisotopic (exact) mass is 427 g/mol. The lowest BCUT2D eigenvalue weighted by molar-refractivity contribution is 0.0888. The largest absolute Gasteiger partial charge is 0.388 e. The van der Waals surface area contributed by atoms with Gasteiger partial charge >= 0.3 is 0 Å². The Morgan fingerprint density at radius 2 is 2.16 bits per heavy atom. The zero-order valence-corrected chi connectivity index (χ0v) is 17.5. The van der Waals surface area contributed by atoms with Crippen LogP contribution < -0.4 is 21.5 Å². The zero-order chi connectivity index (χ0) is 22.1. The smallest absolute Gasteiger partial charge is 0.274 e. The summed E-state index contributed by atoms with van der Waals surface area (Å²) in [5.41, 5.74) is 0.742. The van der Waals surface area contributed by atoms with Crippen LogP contribution in [0.2, 0.25) is 0 Å². The molecule has 0 aliphatic carbocycles. The number of ether oxygens (including phenoxy) is 1. The van der Waals surface area contributed by atoms with Crippen LogP contribution in [0.5, 0.6) is 0 Å². The second-order valence-electron chi connectivity index (χ2n) is 7.61. The fraction of sp³-hybridized carbons (Fsp3) is 0.400. The van der Waals surface area contributed by atoms with Gasteiger partial charge in [0.25, 0.3) is 11.5 Å². The average Bonchev–Trinajstić information content (AvgIpc) is 3.35. The normalized spacial score (nSPS) is 18.5. The fourth-order valence-corrected chi connectivity index (χ4v) is 3.44. The molecule has 1 aliphatic heterocycles. The highest BCUT2D eigenvalue weighted by atomic mass is 16.5. The Morgan fingerprint density at radius 3 is 2.84 bits per heavy atom. The minimum atomic E-state index is -0.759. The first-order valence-corrected chi connectivity index (χ1v) is 10.0. The van der Waals surface area contributed by atoms with Crippen molar-refractivity contribution in [1.82, 2.24) is 24.5 Å². The van der Waals surface area contributed by atoms with Gasteiger partial charge in [-0.05, 0) is 26.0 Å². The third-order valence-electron chi connectivity index (χ3n) is 5.13. The summed E-state index contributed by atoms with van der Waals surface area (Å²) in [4.78, 5) is 30.0. The number of carbonyl (C=O) groups excluding carboxylic acids is 1. The molecule has 3 aromatic rings. The quantitative estimate of drug-likeness (QED) is 0.453. The van der Waals surface area contributed by atoms with E-state index in [0.29, 0.717) is 23.0 Å². The van der Waals surface area contributed by atoms with E-state index in [1.165, 1.54) is 10.7 Å². The van der Waals surface area contributed by atoms with Crippen LogP contribution in [0.15, 0.2) is 35.4 Å². The minimum absolute atomic E-state index is 0.0117. The van der Waals surface area contributed by atoms with Crippen molar-refractivity contribution in [3.63, 3.8) is 0 Å². The number of nitrogens with zero attached hydrogens (tertiary/aromatic N) is 4. The topological polar surface area (TPSA) is 135 Å². The molecule has 2 atom stereocenters. The SMILES string of the molecule is CNc1cc(Nc2cccn(C(C)C)c2=O)nc2c(C(=O)N[C@H]3COC[C@H]3O)cnn12. The number of aliphatic hydroxyl groups excluding tert-OH is 1. The molecule has 11 nitrogen and oxygen atoms in total. The van der Waals surface area contributed by atoms with Crippen LogP contribution in [-0.2, 0) is 4.74 Å². The van der Waals surface area contributed by atoms with E-state index in [1.807, 2.05) is 13.8 Å². The van der Waals surface area contributed by atoms with E-state index in [2.05, 4.69) is 26.0 Å². The lowest BCUT2D eigenvalue weighted by Crippen LogP contribution is -2.42. The lowest BCUT2D eigenvalue weighted by atomic mass is 10.2. The number of anilines is 3. The number of nitrogens with one attached hydrogen (secondary N) is 3. The van der Waals surface area contributed by atoms with E-state index >= 15 is 0 Å². The third kappa shape index (κ3) is 3.97. The highest BCUT2D eigenvalue weighted by Gasteiger charge is 2.29. The van der Waals surface area contributed by atoms with Crippen LogP contribution in [0.3, 0.4) is 0 Å². The van der Waals surface area contributed by atoms with Gasteiger partial charge < -0.3 is 30.4 Å². The summed E-state index contributed by atoms with van der Waals surface area (Å²) in [7, 11) is 1.72. The minimum Gasteiger partial charge on any atom is -0.388 e. The Morgan fingerprint density at radius 1 is 1.35 bits per heavy atom. The molecule has 1 fully saturated rings. The number of carbonyl (C=O) groups is 1. The number of fused-ring (bicyclic) bond motifs is 1. The molecule has 0 bridgehead atoms. The van der Waals surface area contributed by atoms with E-state index < -0.39 is 18.1 Å². The maximum atomic E-state index is 12.8. The van der Waals surface area contributed by atoms with Crippen molar-refractivity contribution in [2.24, 2.45) is 0 Å². The van der Waals surface area contributed by atoms with Crippen molar-refractivity contribution in [1.29, 1.82) is 0 Å². The van der Waals surface area contributed by atoms with Crippen LogP contribution in [0.4, 0.5) is 17.3 Å². The molecule has 164 valence electrons. The van der Waals surface area contributed by atoms with Crippen molar-refractivity contribution < 1.29 is 14.6 Å². The number of pyridine rings is 1. The van der Waals surface area contributed by atoms with Gasteiger partial charge in [0, 0.05) is 25.4 Å². The summed E-state index contributed by atoms with van der Waals surface area (Å²) in [6.45, 7) is 4.28. The first-order valence-electron chi connectivity index (χ1n) is 10.0. The second-order valence-corrected chi connectivity index (χ2v) is 7.61. The van der Waals surface area contributed by atoms with Gasteiger partial charge in [0.2, 0.25) is 0 Å². The molecule has 4 N–H and O–H groups in total. The molecule has 1 aliphatic rings. The van der Waals surface area contributed by atoms with Crippen LogP contribution in [-0.4, -0.2) is 62.6 Å². The molecule has 3 aromatic heterocycles. The molecule has 0 unspecified atom stereocenters. The van der Waals surface area contributed by atoms with Gasteiger partial charge in [0.1, 0.15) is 22.9 Å². The Labute approximate surface area is 178 Å². The van der Waals surface area contributed by atoms with Gasteiger partial charge in [-0.2, -0.15) is 9.61 Å². The molecule has 0 radical (unpaired) electrons. The van der Waals surface area contributed by atoms with Gasteiger partial charge in [0.05, 0.1) is 31.6 Å². The third-order valence-corrected chi connectivity index (χ3v) is 5.13. The Bertz CT molecular complexity index is 1170. The number of amides is 1. The zero-order valence-electron chi connectivity index (χ0n) is 17.5. The summed E-state index contributed by atoms with van der Waals surface area (Å²) < 4.78 is 8.30. The Balaban J connectivity index is 1.70. The Kier molecular flexibility index (Phi) is 5.61. The molecule has 0 aromatic carbocycles. The van der Waals surface area contributed by atoms with E-state index in [4.69, 9.17) is 4.74 Å². The maximum absolute atomic E-state index is 12.8. The lowest BCUT2D eigenvalue weighted by Gasteiger charge is -2.14. The summed E-state index contributed by atoms with van der Waals surface area (Å²) in [5, 5.41) is 23.0. The van der Waals surface area contributed by atoms with E-state index in [0.717, 1.165) is 0 Å². The standard InChI is InChI=1S/C20H25N7O4/c1-11(2)26-6-4-5-13(20(26)30)23-16-7-17(21-3)27-18(25-16)12(8-22-27)19(29)24-14-9-31-10-15(14)28/h4-8,11,14-15,21,28H,9-10H2,1-3H3,(H,23,25)(H,24,29)/t14-,15+/m0/s1. The van der Waals surface area contributed by atoms with Crippen LogP contribution >= 0.6 is 0 Å². The first kappa shape index (κ1) is 20.8. The van der Waals surface area contributed by atoms with Crippen molar-refractivity contribution in [2.45, 2.75) is 32.0 Å². The molecule has 31 heavy (non-hydrogen) atoms. The van der Waals surface area contributed by atoms with Gasteiger partial charge in [-0.25, -0.2) is 4.98 Å². The van der Waals surface area contributed by atoms with Crippen LogP contribution in [0, 0.1) is 0 Å². The summed E-state index contributed by atoms with van der Waals surface area (Å²) >= 11 is 0. The predicted molar refractivity (Wildman–Crippen MR) is 115 cm³/mol. The molecule has 11 heteroatoms. The average molecular weight is 427 g/mol. The predicted octanol–water partition coefficient (Wildman–Crippen LogP) is 0.747. The van der Waals surface area contributed by atoms with Gasteiger partial charge in [-0.15, -0.1) is 0 Å². The second kappa shape index (κ2) is 8.36. The van der Waals surface area contributed by atoms with E-state index in [-0.39, 0.29) is 30.4 Å². The number of hydrogen-bond donors (Lipinski definition) is 4. The molecule has 1 saturated heterocycles. The highest BCUT2D eigenvalue weighted by molar-refractivity contribution is 6.00. The molecular formula is C20H25N7O4. The number of aromatic nitrogens is 4. The van der Waals surface area contributed by atoms with E-state index in [1.54, 1.807) is 36.0 Å². The van der Waals surface area contributed by atoms with Crippen molar-refractivity contribution in [3.05, 3.63) is 46.5 Å². The summed E-state index contributed by atoms with van der Waals surface area (Å²) in [5.74, 6) is 0.545. The summed E-state index contributed by atoms with van der Waals surface area (Å²) in [6.07, 6.45) is 2.39. The summed E-state index contributed by atoms with van der Waals surface area (Å²) in [6, 6.07) is 4.68. The fourth-order valence-electron chi connectivity index (χ4n) is 3.44. The van der Waals surface area contributed by atoms with Gasteiger partial charge in [-0.3, -0.25) is 9.59 Å². The van der Waals surface area contributed by atoms with Crippen molar-refractivity contribution >= 4 is 28.9 Å². The van der Waals surface area contributed by atoms with E-state index in [9.17, 15) is 14.7 Å². The molecule has 1 amide bonds. The van der Waals surface area contributed by atoms with Crippen LogP contribution in [0.1, 0.15) is 30.2 Å². The maximum Gasteiger partial charge on any atom is 0.274 e. The molecule has 0 spiro atoms. The highest BCUT2D eigenvalue weighted by Crippen LogP contribution is 2.21. The van der Waals surface area contributed by atoms with Gasteiger partial charge in [0.15, 0.2) is 5.65 Å². The Hall–Kier alpha value is -3.44. The molecule has 4 heterocycles. The number of aliphatic hydroxyl groups is 1. The van der Waals surface area contributed by atoms with Crippen LogP contribution in [0.25, 0.3) is 5.65 Å². The van der Waals surface area contributed by atoms with Crippen molar-refractivity contribution in [2.75, 3.05) is 30.9 Å².